The van der Waals surface area contributed by atoms with Gasteiger partial charge in [-0.1, -0.05) is 27.2 Å². The molecule has 0 saturated heterocycles. The van der Waals surface area contributed by atoms with Crippen molar-refractivity contribution in [3.05, 3.63) is 0 Å². The van der Waals surface area contributed by atoms with Crippen LogP contribution in [0.1, 0.15) is 40.0 Å². The quantitative estimate of drug-likeness (QED) is 0.468. The summed E-state index contributed by atoms with van der Waals surface area (Å²) in [4.78, 5) is 6.80. The normalized spacial score (nSPS) is 14.2. The maximum atomic E-state index is 5.50. The van der Waals surface area contributed by atoms with E-state index in [1.807, 2.05) is 0 Å². The van der Waals surface area contributed by atoms with Gasteiger partial charge in [0.05, 0.1) is 0 Å². The van der Waals surface area contributed by atoms with Gasteiger partial charge >= 0.3 is 8.88 Å². The fourth-order valence-electron chi connectivity index (χ4n) is 1.25. The average Bonchev–Trinajstić information content (AvgIpc) is 2.27. The van der Waals surface area contributed by atoms with Crippen molar-refractivity contribution >= 4 is 8.88 Å². The Hall–Kier alpha value is 0.0569. The van der Waals surface area contributed by atoms with Crippen molar-refractivity contribution in [2.24, 2.45) is 0 Å². The molecule has 0 spiro atoms. The fourth-order valence-corrected chi connectivity index (χ4v) is 3.40. The monoisotopic (exact) mass is 234 g/mol. The Morgan fingerprint density at radius 3 is 2.20 bits per heavy atom. The summed E-state index contributed by atoms with van der Waals surface area (Å²) in [5.41, 5.74) is 0. The van der Waals surface area contributed by atoms with E-state index in [0.717, 1.165) is 19.4 Å². The van der Waals surface area contributed by atoms with E-state index in [1.54, 1.807) is 14.2 Å². The van der Waals surface area contributed by atoms with Crippen LogP contribution >= 0.6 is 0 Å². The first-order valence-electron chi connectivity index (χ1n) is 5.77. The second-order valence-electron chi connectivity index (χ2n) is 3.76. The summed E-state index contributed by atoms with van der Waals surface area (Å²) in [6.07, 6.45) is 3.38. The van der Waals surface area contributed by atoms with Crippen molar-refractivity contribution < 1.29 is 8.85 Å². The summed E-state index contributed by atoms with van der Waals surface area (Å²) in [5, 5.41) is 0. The first-order chi connectivity index (χ1) is 7.14. The lowest BCUT2D eigenvalue weighted by Gasteiger charge is -2.30. The lowest BCUT2D eigenvalue weighted by Crippen LogP contribution is -2.68. The molecule has 0 aromatic carbocycles. The molecule has 0 radical (unpaired) electrons. The van der Waals surface area contributed by atoms with Crippen molar-refractivity contribution in [1.82, 2.24) is 9.96 Å². The van der Waals surface area contributed by atoms with Crippen molar-refractivity contribution in [1.29, 1.82) is 0 Å². The molecule has 0 aliphatic carbocycles. The van der Waals surface area contributed by atoms with E-state index in [4.69, 9.17) is 8.85 Å². The molecule has 0 saturated carbocycles. The van der Waals surface area contributed by atoms with E-state index in [1.165, 1.54) is 6.42 Å². The Morgan fingerprint density at radius 2 is 1.80 bits per heavy atom. The molecule has 4 nitrogen and oxygen atoms in total. The third-order valence-electron chi connectivity index (χ3n) is 2.51. The maximum Gasteiger partial charge on any atom is 0.516 e. The summed E-state index contributed by atoms with van der Waals surface area (Å²) >= 11 is 0. The minimum Gasteiger partial charge on any atom is -0.374 e. The highest BCUT2D eigenvalue weighted by atomic mass is 28.4. The number of rotatable bonds is 9. The SMILES string of the molecule is CCCCN[Si](NC(C)CC)(OC)OC. The molecule has 0 amide bonds. The van der Waals surface area contributed by atoms with Crippen molar-refractivity contribution in [2.75, 3.05) is 20.8 Å². The molecule has 0 aliphatic rings. The van der Waals surface area contributed by atoms with Crippen LogP contribution in [0, 0.1) is 0 Å². The van der Waals surface area contributed by atoms with Crippen LogP contribution in [0.15, 0.2) is 0 Å². The van der Waals surface area contributed by atoms with Gasteiger partial charge in [-0.15, -0.1) is 0 Å². The van der Waals surface area contributed by atoms with Crippen molar-refractivity contribution in [2.45, 2.75) is 46.1 Å². The van der Waals surface area contributed by atoms with Crippen LogP contribution in [0.2, 0.25) is 0 Å². The van der Waals surface area contributed by atoms with Crippen LogP contribution in [0.5, 0.6) is 0 Å². The molecule has 92 valence electrons. The first-order valence-corrected chi connectivity index (χ1v) is 7.58. The van der Waals surface area contributed by atoms with Crippen molar-refractivity contribution in [3.63, 3.8) is 0 Å². The maximum absolute atomic E-state index is 5.50. The standard InChI is InChI=1S/C10H26N2O2Si/c1-6-8-9-11-15(13-4,14-5)12-10(3)7-2/h10-12H,6-9H2,1-5H3. The van der Waals surface area contributed by atoms with Gasteiger partial charge < -0.3 is 8.85 Å². The molecule has 0 heterocycles. The van der Waals surface area contributed by atoms with E-state index < -0.39 is 8.88 Å². The molecule has 0 aromatic heterocycles. The van der Waals surface area contributed by atoms with Crippen LogP contribution in [0.3, 0.4) is 0 Å². The van der Waals surface area contributed by atoms with Gasteiger partial charge in [0, 0.05) is 20.3 Å². The van der Waals surface area contributed by atoms with Crippen LogP contribution in [-0.2, 0) is 8.85 Å². The molecular formula is C10H26N2O2Si. The number of hydrogen-bond acceptors (Lipinski definition) is 4. The highest BCUT2D eigenvalue weighted by Gasteiger charge is 2.37. The van der Waals surface area contributed by atoms with Gasteiger partial charge in [-0.2, -0.15) is 0 Å². The minimum atomic E-state index is -2.36. The molecular weight excluding hydrogens is 208 g/mol. The van der Waals surface area contributed by atoms with E-state index in [9.17, 15) is 0 Å². The molecule has 0 bridgehead atoms. The Kier molecular flexibility index (Phi) is 8.27. The van der Waals surface area contributed by atoms with Gasteiger partial charge in [-0.05, 0) is 19.4 Å². The van der Waals surface area contributed by atoms with E-state index >= 15 is 0 Å². The summed E-state index contributed by atoms with van der Waals surface area (Å²) in [6.45, 7) is 7.40. The third-order valence-corrected chi connectivity index (χ3v) is 5.25. The Bertz CT molecular complexity index is 154. The van der Waals surface area contributed by atoms with E-state index in [-0.39, 0.29) is 0 Å². The van der Waals surface area contributed by atoms with Gasteiger partial charge in [0.1, 0.15) is 0 Å². The molecule has 2 N–H and O–H groups in total. The van der Waals surface area contributed by atoms with Gasteiger partial charge in [-0.3, -0.25) is 9.96 Å². The summed E-state index contributed by atoms with van der Waals surface area (Å²) in [6, 6.07) is 0.408. The molecule has 1 unspecified atom stereocenters. The Labute approximate surface area is 95.1 Å². The molecule has 0 aromatic rings. The van der Waals surface area contributed by atoms with Crippen LogP contribution in [-0.4, -0.2) is 35.7 Å². The largest absolute Gasteiger partial charge is 0.516 e. The van der Waals surface area contributed by atoms with E-state index in [2.05, 4.69) is 30.7 Å². The van der Waals surface area contributed by atoms with Gasteiger partial charge in [-0.25, -0.2) is 0 Å². The Morgan fingerprint density at radius 1 is 1.20 bits per heavy atom. The first kappa shape index (κ1) is 15.1. The fraction of sp³-hybridized carbons (Fsp3) is 1.00. The average molecular weight is 234 g/mol. The van der Waals surface area contributed by atoms with Crippen LogP contribution in [0.4, 0.5) is 0 Å². The molecule has 1 atom stereocenters. The zero-order valence-electron chi connectivity index (χ0n) is 10.7. The Balaban J connectivity index is 4.16. The van der Waals surface area contributed by atoms with E-state index in [0.29, 0.717) is 6.04 Å². The zero-order valence-corrected chi connectivity index (χ0v) is 11.7. The smallest absolute Gasteiger partial charge is 0.374 e. The summed E-state index contributed by atoms with van der Waals surface area (Å²) in [7, 11) is 1.03. The minimum absolute atomic E-state index is 0.408. The topological polar surface area (TPSA) is 42.5 Å². The molecule has 0 fully saturated rings. The highest BCUT2D eigenvalue weighted by Crippen LogP contribution is 2.01. The van der Waals surface area contributed by atoms with Crippen LogP contribution < -0.4 is 9.96 Å². The van der Waals surface area contributed by atoms with Gasteiger partial charge in [0.15, 0.2) is 0 Å². The molecule has 0 rings (SSSR count). The molecule has 15 heavy (non-hydrogen) atoms. The number of hydrogen-bond donors (Lipinski definition) is 2. The molecule has 0 aliphatic heterocycles. The number of unbranched alkanes of at least 4 members (excludes halogenated alkanes) is 1. The zero-order chi connectivity index (χ0) is 11.7. The summed E-state index contributed by atoms with van der Waals surface area (Å²) < 4.78 is 11.0. The lowest BCUT2D eigenvalue weighted by atomic mass is 10.3. The molecule has 5 heteroatoms. The number of nitrogens with one attached hydrogen (secondary N) is 2. The second-order valence-corrected chi connectivity index (χ2v) is 6.45. The highest BCUT2D eigenvalue weighted by molar-refractivity contribution is 6.62. The second kappa shape index (κ2) is 8.24. The van der Waals surface area contributed by atoms with Gasteiger partial charge in [0.25, 0.3) is 0 Å². The lowest BCUT2D eigenvalue weighted by molar-refractivity contribution is 0.207. The summed E-state index contributed by atoms with van der Waals surface area (Å²) in [5.74, 6) is 0. The van der Waals surface area contributed by atoms with Gasteiger partial charge in [0.2, 0.25) is 0 Å². The predicted octanol–water partition coefficient (Wildman–Crippen LogP) is 1.49. The van der Waals surface area contributed by atoms with Crippen molar-refractivity contribution in [3.8, 4) is 0 Å². The van der Waals surface area contributed by atoms with Crippen LogP contribution in [0.25, 0.3) is 0 Å². The predicted molar refractivity (Wildman–Crippen MR) is 65.6 cm³/mol. The third kappa shape index (κ3) is 5.63.